The molecule has 0 bridgehead atoms. The third-order valence-corrected chi connectivity index (χ3v) is 5.01. The van der Waals surface area contributed by atoms with Gasteiger partial charge in [-0.25, -0.2) is 0 Å². The summed E-state index contributed by atoms with van der Waals surface area (Å²) in [7, 11) is 0. The predicted octanol–water partition coefficient (Wildman–Crippen LogP) is 1.39. The molecule has 3 rings (SSSR count). The zero-order valence-corrected chi connectivity index (χ0v) is 11.9. The van der Waals surface area contributed by atoms with E-state index in [1.54, 1.807) is 0 Å². The Hall–Kier alpha value is -0.610. The molecule has 1 aliphatic heterocycles. The van der Waals surface area contributed by atoms with Gasteiger partial charge in [0.05, 0.1) is 0 Å². The molecule has 1 unspecified atom stereocenters. The van der Waals surface area contributed by atoms with Crippen molar-refractivity contribution in [3.8, 4) is 0 Å². The van der Waals surface area contributed by atoms with Gasteiger partial charge in [-0.05, 0) is 32.1 Å². The summed E-state index contributed by atoms with van der Waals surface area (Å²) in [6.07, 6.45) is 10.0. The van der Waals surface area contributed by atoms with Crippen LogP contribution in [-0.2, 0) is 4.79 Å². The molecule has 0 aromatic rings. The van der Waals surface area contributed by atoms with E-state index >= 15 is 0 Å². The average molecular weight is 265 g/mol. The summed E-state index contributed by atoms with van der Waals surface area (Å²) in [5.74, 6) is 0.173. The van der Waals surface area contributed by atoms with Crippen molar-refractivity contribution in [2.75, 3.05) is 13.1 Å². The number of rotatable bonds is 4. The number of nitrogens with one attached hydrogen (secondary N) is 1. The van der Waals surface area contributed by atoms with Gasteiger partial charge in [-0.2, -0.15) is 0 Å². The van der Waals surface area contributed by atoms with E-state index < -0.39 is 0 Å². The Morgan fingerprint density at radius 3 is 2.63 bits per heavy atom. The van der Waals surface area contributed by atoms with Crippen LogP contribution in [0.1, 0.15) is 57.8 Å². The summed E-state index contributed by atoms with van der Waals surface area (Å²) in [6.45, 7) is 2.21. The van der Waals surface area contributed by atoms with Gasteiger partial charge in [-0.1, -0.05) is 19.3 Å². The number of nitrogens with two attached hydrogens (primary N) is 1. The Bertz CT molecular complexity index is 334. The van der Waals surface area contributed by atoms with E-state index in [0.717, 1.165) is 38.4 Å². The van der Waals surface area contributed by atoms with E-state index in [1.165, 1.54) is 32.1 Å². The number of hydrogen-bond acceptors (Lipinski definition) is 3. The number of carbonyl (C=O) groups excluding carboxylic acids is 1. The Kier molecular flexibility index (Phi) is 3.81. The van der Waals surface area contributed by atoms with Gasteiger partial charge in [0, 0.05) is 37.1 Å². The quantitative estimate of drug-likeness (QED) is 0.807. The number of hydrogen-bond donors (Lipinski definition) is 2. The van der Waals surface area contributed by atoms with Crippen molar-refractivity contribution < 1.29 is 4.79 Å². The molecule has 4 heteroatoms. The second-order valence-corrected chi connectivity index (χ2v) is 6.88. The molecular formula is C15H27N3O. The molecule has 4 nitrogen and oxygen atoms in total. The van der Waals surface area contributed by atoms with E-state index in [0.29, 0.717) is 12.5 Å². The van der Waals surface area contributed by atoms with Crippen molar-refractivity contribution in [3.63, 3.8) is 0 Å². The lowest BCUT2D eigenvalue weighted by Gasteiger charge is -2.33. The third kappa shape index (κ3) is 3.48. The van der Waals surface area contributed by atoms with Crippen LogP contribution in [0.3, 0.4) is 0 Å². The van der Waals surface area contributed by atoms with Gasteiger partial charge >= 0.3 is 0 Å². The molecule has 1 amide bonds. The van der Waals surface area contributed by atoms with E-state index in [1.807, 2.05) is 0 Å². The molecule has 0 spiro atoms. The Balaban J connectivity index is 1.43. The minimum absolute atomic E-state index is 0.173. The second-order valence-electron chi connectivity index (χ2n) is 6.88. The molecule has 19 heavy (non-hydrogen) atoms. The first-order valence-electron chi connectivity index (χ1n) is 7.97. The maximum absolute atomic E-state index is 12.2. The fourth-order valence-electron chi connectivity index (χ4n) is 3.71. The van der Waals surface area contributed by atoms with Crippen LogP contribution in [0, 0.1) is 0 Å². The maximum atomic E-state index is 12.2. The minimum atomic E-state index is -0.225. The molecule has 1 saturated heterocycles. The van der Waals surface area contributed by atoms with Gasteiger partial charge in [0.25, 0.3) is 0 Å². The van der Waals surface area contributed by atoms with Crippen LogP contribution in [0.5, 0.6) is 0 Å². The lowest BCUT2D eigenvalue weighted by Crippen LogP contribution is -2.48. The molecule has 3 fully saturated rings. The molecule has 1 atom stereocenters. The molecule has 0 aromatic carbocycles. The average Bonchev–Trinajstić information content (AvgIpc) is 3.11. The summed E-state index contributed by atoms with van der Waals surface area (Å²) in [6, 6.07) is 1.18. The van der Waals surface area contributed by atoms with Crippen LogP contribution in [0.4, 0.5) is 0 Å². The molecule has 0 aromatic heterocycles. The second kappa shape index (κ2) is 5.41. The van der Waals surface area contributed by atoms with Gasteiger partial charge in [-0.15, -0.1) is 0 Å². The normalized spacial score (nSPS) is 31.3. The van der Waals surface area contributed by atoms with Gasteiger partial charge in [0.15, 0.2) is 0 Å². The van der Waals surface area contributed by atoms with Crippen LogP contribution in [0.2, 0.25) is 0 Å². The van der Waals surface area contributed by atoms with Crippen molar-refractivity contribution >= 4 is 5.91 Å². The predicted molar refractivity (Wildman–Crippen MR) is 75.8 cm³/mol. The van der Waals surface area contributed by atoms with Crippen molar-refractivity contribution in [1.82, 2.24) is 10.2 Å². The van der Waals surface area contributed by atoms with E-state index in [9.17, 15) is 4.79 Å². The highest BCUT2D eigenvalue weighted by Crippen LogP contribution is 2.30. The molecule has 2 aliphatic carbocycles. The molecule has 1 heterocycles. The van der Waals surface area contributed by atoms with Crippen LogP contribution in [0.15, 0.2) is 0 Å². The zero-order chi connectivity index (χ0) is 13.3. The summed E-state index contributed by atoms with van der Waals surface area (Å²) in [5, 5.41) is 3.20. The maximum Gasteiger partial charge on any atom is 0.222 e. The highest BCUT2D eigenvalue weighted by Gasteiger charge is 2.36. The summed E-state index contributed by atoms with van der Waals surface area (Å²) in [5.41, 5.74) is 6.12. The standard InChI is InChI=1S/C15H27N3O/c16-15(7-2-1-3-8-15)10-14(19)17-12-6-9-18(11-12)13-4-5-13/h12-13H,1-11,16H2,(H,17,19). The first kappa shape index (κ1) is 13.4. The monoisotopic (exact) mass is 265 g/mol. The summed E-state index contributed by atoms with van der Waals surface area (Å²) in [4.78, 5) is 14.7. The smallest absolute Gasteiger partial charge is 0.222 e. The van der Waals surface area contributed by atoms with Crippen molar-refractivity contribution in [2.24, 2.45) is 5.73 Å². The lowest BCUT2D eigenvalue weighted by atomic mass is 9.80. The van der Waals surface area contributed by atoms with Gasteiger partial charge in [0.1, 0.15) is 0 Å². The number of carbonyl (C=O) groups is 1. The molecule has 3 aliphatic rings. The third-order valence-electron chi connectivity index (χ3n) is 5.01. The SMILES string of the molecule is NC1(CC(=O)NC2CCN(C3CC3)C2)CCCCC1. The lowest BCUT2D eigenvalue weighted by molar-refractivity contribution is -0.123. The largest absolute Gasteiger partial charge is 0.352 e. The van der Waals surface area contributed by atoms with Crippen LogP contribution >= 0.6 is 0 Å². The number of likely N-dealkylation sites (tertiary alicyclic amines) is 1. The van der Waals surface area contributed by atoms with Crippen LogP contribution in [0.25, 0.3) is 0 Å². The van der Waals surface area contributed by atoms with Crippen LogP contribution in [-0.4, -0.2) is 41.5 Å². The fraction of sp³-hybridized carbons (Fsp3) is 0.933. The molecule has 3 N–H and O–H groups in total. The molecular weight excluding hydrogens is 238 g/mol. The van der Waals surface area contributed by atoms with Crippen molar-refractivity contribution in [1.29, 1.82) is 0 Å². The van der Waals surface area contributed by atoms with Crippen LogP contribution < -0.4 is 11.1 Å². The first-order chi connectivity index (χ1) is 9.15. The first-order valence-corrected chi connectivity index (χ1v) is 7.97. The minimum Gasteiger partial charge on any atom is -0.352 e. The molecule has 0 radical (unpaired) electrons. The zero-order valence-electron chi connectivity index (χ0n) is 11.9. The van der Waals surface area contributed by atoms with Gasteiger partial charge in [-0.3, -0.25) is 9.69 Å². The van der Waals surface area contributed by atoms with E-state index in [-0.39, 0.29) is 11.4 Å². The van der Waals surface area contributed by atoms with Crippen molar-refractivity contribution in [2.45, 2.75) is 75.4 Å². The summed E-state index contributed by atoms with van der Waals surface area (Å²) < 4.78 is 0. The number of amides is 1. The number of nitrogens with zero attached hydrogens (tertiary/aromatic N) is 1. The summed E-state index contributed by atoms with van der Waals surface area (Å²) >= 11 is 0. The molecule has 108 valence electrons. The Labute approximate surface area is 116 Å². The topological polar surface area (TPSA) is 58.4 Å². The van der Waals surface area contributed by atoms with Gasteiger partial charge in [0.2, 0.25) is 5.91 Å². The highest BCUT2D eigenvalue weighted by molar-refractivity contribution is 5.77. The highest BCUT2D eigenvalue weighted by atomic mass is 16.1. The van der Waals surface area contributed by atoms with Crippen molar-refractivity contribution in [3.05, 3.63) is 0 Å². The van der Waals surface area contributed by atoms with E-state index in [4.69, 9.17) is 5.73 Å². The van der Waals surface area contributed by atoms with Gasteiger partial charge < -0.3 is 11.1 Å². The fourth-order valence-corrected chi connectivity index (χ4v) is 3.71. The molecule has 2 saturated carbocycles. The Morgan fingerprint density at radius 1 is 1.21 bits per heavy atom. The Morgan fingerprint density at radius 2 is 1.95 bits per heavy atom. The van der Waals surface area contributed by atoms with E-state index in [2.05, 4.69) is 10.2 Å².